The molecule has 1 rings (SSSR count). The summed E-state index contributed by atoms with van der Waals surface area (Å²) in [5.41, 5.74) is 5.84. The summed E-state index contributed by atoms with van der Waals surface area (Å²) in [7, 11) is 3.08. The minimum absolute atomic E-state index is 0. The molecule has 0 saturated heterocycles. The Morgan fingerprint density at radius 1 is 1.33 bits per heavy atom. The van der Waals surface area contributed by atoms with Gasteiger partial charge in [0.2, 0.25) is 5.91 Å². The van der Waals surface area contributed by atoms with Gasteiger partial charge in [0, 0.05) is 5.56 Å². The quantitative estimate of drug-likeness (QED) is 0.846. The Kier molecular flexibility index (Phi) is 5.56. The molecule has 0 aromatic heterocycles. The number of primary amides is 1. The van der Waals surface area contributed by atoms with E-state index in [1.54, 1.807) is 25.3 Å². The van der Waals surface area contributed by atoms with E-state index in [4.69, 9.17) is 15.2 Å². The number of amides is 1. The highest BCUT2D eigenvalue weighted by Gasteiger charge is 2.10. The lowest BCUT2D eigenvalue weighted by Gasteiger charge is -2.10. The molecule has 0 saturated carbocycles. The number of nitrogens with two attached hydrogens (primary N) is 1. The van der Waals surface area contributed by atoms with E-state index in [9.17, 15) is 4.79 Å². The maximum absolute atomic E-state index is 10.8. The Labute approximate surface area is 94.8 Å². The van der Waals surface area contributed by atoms with E-state index in [1.807, 2.05) is 0 Å². The minimum Gasteiger partial charge on any atom is -0.493 e. The summed E-state index contributed by atoms with van der Waals surface area (Å²) < 4.78 is 10.2. The van der Waals surface area contributed by atoms with Crippen LogP contribution >= 0.6 is 12.4 Å². The molecule has 0 heterocycles. The molecule has 84 valence electrons. The van der Waals surface area contributed by atoms with Gasteiger partial charge in [-0.3, -0.25) is 4.79 Å². The molecule has 0 unspecified atom stereocenters. The number of para-hydroxylation sites is 1. The summed E-state index contributed by atoms with van der Waals surface area (Å²) >= 11 is 0. The smallest absolute Gasteiger partial charge is 0.221 e. The highest BCUT2D eigenvalue weighted by atomic mass is 35.5. The van der Waals surface area contributed by atoms with Crippen molar-refractivity contribution < 1.29 is 14.3 Å². The van der Waals surface area contributed by atoms with E-state index in [-0.39, 0.29) is 18.8 Å². The molecule has 4 nitrogen and oxygen atoms in total. The first-order chi connectivity index (χ1) is 6.69. The molecule has 1 amide bonds. The van der Waals surface area contributed by atoms with E-state index in [0.717, 1.165) is 5.56 Å². The largest absolute Gasteiger partial charge is 0.493 e. The van der Waals surface area contributed by atoms with Crippen molar-refractivity contribution in [2.45, 2.75) is 6.42 Å². The number of hydrogen-bond acceptors (Lipinski definition) is 3. The molecule has 1 aromatic rings. The van der Waals surface area contributed by atoms with Gasteiger partial charge in [0.05, 0.1) is 20.6 Å². The third kappa shape index (κ3) is 3.32. The Hall–Kier alpha value is -1.42. The Morgan fingerprint density at radius 2 is 2.00 bits per heavy atom. The molecular weight excluding hydrogens is 218 g/mol. The number of benzene rings is 1. The second-order valence-corrected chi connectivity index (χ2v) is 2.80. The molecule has 0 fully saturated rings. The molecule has 15 heavy (non-hydrogen) atoms. The summed E-state index contributed by atoms with van der Waals surface area (Å²) in [5, 5.41) is 0. The highest BCUT2D eigenvalue weighted by molar-refractivity contribution is 5.85. The van der Waals surface area contributed by atoms with Crippen molar-refractivity contribution in [1.29, 1.82) is 0 Å². The number of rotatable bonds is 4. The highest BCUT2D eigenvalue weighted by Crippen LogP contribution is 2.30. The Bertz CT molecular complexity index is 341. The molecule has 5 heteroatoms. The molecular formula is C10H14ClNO3. The average molecular weight is 232 g/mol. The fourth-order valence-electron chi connectivity index (χ4n) is 1.28. The maximum atomic E-state index is 10.8. The molecule has 0 atom stereocenters. The van der Waals surface area contributed by atoms with Crippen LogP contribution in [0.4, 0.5) is 0 Å². The molecule has 0 radical (unpaired) electrons. The molecule has 0 aliphatic rings. The van der Waals surface area contributed by atoms with Crippen LogP contribution < -0.4 is 15.2 Å². The standard InChI is InChI=1S/C10H13NO3.ClH/c1-13-8-5-3-4-7(6-9(11)12)10(8)14-2;/h3-5H,6H2,1-2H3,(H2,11,12);1H. The zero-order chi connectivity index (χ0) is 10.6. The van der Waals surface area contributed by atoms with E-state index < -0.39 is 5.91 Å². The van der Waals surface area contributed by atoms with Crippen molar-refractivity contribution in [3.05, 3.63) is 23.8 Å². The second kappa shape index (κ2) is 6.14. The van der Waals surface area contributed by atoms with Gasteiger partial charge in [-0.25, -0.2) is 0 Å². The van der Waals surface area contributed by atoms with E-state index >= 15 is 0 Å². The van der Waals surface area contributed by atoms with E-state index in [2.05, 4.69) is 0 Å². The van der Waals surface area contributed by atoms with Crippen LogP contribution in [0.5, 0.6) is 11.5 Å². The number of ether oxygens (including phenoxy) is 2. The zero-order valence-corrected chi connectivity index (χ0v) is 9.47. The molecule has 1 aromatic carbocycles. The van der Waals surface area contributed by atoms with Gasteiger partial charge in [-0.15, -0.1) is 12.4 Å². The van der Waals surface area contributed by atoms with Crippen LogP contribution in [0.15, 0.2) is 18.2 Å². The fourth-order valence-corrected chi connectivity index (χ4v) is 1.28. The normalized spacial score (nSPS) is 8.93. The minimum atomic E-state index is -0.392. The van der Waals surface area contributed by atoms with Gasteiger partial charge in [-0.1, -0.05) is 12.1 Å². The van der Waals surface area contributed by atoms with Crippen LogP contribution in [0.25, 0.3) is 0 Å². The van der Waals surface area contributed by atoms with Crippen molar-refractivity contribution in [3.8, 4) is 11.5 Å². The monoisotopic (exact) mass is 231 g/mol. The van der Waals surface area contributed by atoms with Crippen LogP contribution in [0, 0.1) is 0 Å². The SMILES string of the molecule is COc1cccc(CC(N)=O)c1OC.Cl. The summed E-state index contributed by atoms with van der Waals surface area (Å²) in [6.45, 7) is 0. The number of hydrogen-bond donors (Lipinski definition) is 1. The lowest BCUT2D eigenvalue weighted by molar-refractivity contribution is -0.117. The predicted molar refractivity (Wildman–Crippen MR) is 59.7 cm³/mol. The van der Waals surface area contributed by atoms with Gasteiger partial charge < -0.3 is 15.2 Å². The van der Waals surface area contributed by atoms with Crippen LogP contribution in [0.1, 0.15) is 5.56 Å². The molecule has 0 bridgehead atoms. The van der Waals surface area contributed by atoms with Crippen molar-refractivity contribution >= 4 is 18.3 Å². The topological polar surface area (TPSA) is 61.5 Å². The Balaban J connectivity index is 0.00000196. The van der Waals surface area contributed by atoms with Gasteiger partial charge in [0.1, 0.15) is 0 Å². The number of carbonyl (C=O) groups is 1. The molecule has 0 spiro atoms. The molecule has 2 N–H and O–H groups in total. The molecule has 0 aliphatic carbocycles. The number of methoxy groups -OCH3 is 2. The van der Waals surface area contributed by atoms with Crippen molar-refractivity contribution in [1.82, 2.24) is 0 Å². The average Bonchev–Trinajstić information content (AvgIpc) is 2.16. The first-order valence-electron chi connectivity index (χ1n) is 4.17. The van der Waals surface area contributed by atoms with Crippen molar-refractivity contribution in [2.75, 3.05) is 14.2 Å². The van der Waals surface area contributed by atoms with Gasteiger partial charge in [-0.05, 0) is 6.07 Å². The first-order valence-corrected chi connectivity index (χ1v) is 4.17. The molecule has 0 aliphatic heterocycles. The summed E-state index contributed by atoms with van der Waals surface area (Å²) in [4.78, 5) is 10.8. The summed E-state index contributed by atoms with van der Waals surface area (Å²) in [6, 6.07) is 5.34. The van der Waals surface area contributed by atoms with Gasteiger partial charge in [0.25, 0.3) is 0 Å². The second-order valence-electron chi connectivity index (χ2n) is 2.80. The Morgan fingerprint density at radius 3 is 2.47 bits per heavy atom. The zero-order valence-electron chi connectivity index (χ0n) is 8.65. The van der Waals surface area contributed by atoms with Crippen molar-refractivity contribution in [3.63, 3.8) is 0 Å². The third-order valence-corrected chi connectivity index (χ3v) is 1.85. The van der Waals surface area contributed by atoms with Gasteiger partial charge >= 0.3 is 0 Å². The lowest BCUT2D eigenvalue weighted by atomic mass is 10.1. The lowest BCUT2D eigenvalue weighted by Crippen LogP contribution is -2.14. The van der Waals surface area contributed by atoms with E-state index in [0.29, 0.717) is 11.5 Å². The number of halogens is 1. The van der Waals surface area contributed by atoms with Crippen LogP contribution in [0.3, 0.4) is 0 Å². The van der Waals surface area contributed by atoms with E-state index in [1.165, 1.54) is 7.11 Å². The fraction of sp³-hybridized carbons (Fsp3) is 0.300. The number of carbonyl (C=O) groups excluding carboxylic acids is 1. The maximum Gasteiger partial charge on any atom is 0.221 e. The summed E-state index contributed by atoms with van der Waals surface area (Å²) in [6.07, 6.45) is 0.153. The van der Waals surface area contributed by atoms with Crippen LogP contribution in [0.2, 0.25) is 0 Å². The van der Waals surface area contributed by atoms with Gasteiger partial charge in [-0.2, -0.15) is 0 Å². The predicted octanol–water partition coefficient (Wildman–Crippen LogP) is 1.15. The van der Waals surface area contributed by atoms with Crippen LogP contribution in [-0.4, -0.2) is 20.1 Å². The third-order valence-electron chi connectivity index (χ3n) is 1.85. The first kappa shape index (κ1) is 13.6. The summed E-state index contributed by atoms with van der Waals surface area (Å²) in [5.74, 6) is 0.775. The van der Waals surface area contributed by atoms with Crippen LogP contribution in [-0.2, 0) is 11.2 Å². The van der Waals surface area contributed by atoms with Gasteiger partial charge in [0.15, 0.2) is 11.5 Å². The van der Waals surface area contributed by atoms with Crippen molar-refractivity contribution in [2.24, 2.45) is 5.73 Å².